The van der Waals surface area contributed by atoms with E-state index in [0.29, 0.717) is 11.0 Å². The van der Waals surface area contributed by atoms with Crippen LogP contribution in [-0.4, -0.2) is 32.2 Å². The molecule has 9 nitrogen and oxygen atoms in total. The Kier molecular flexibility index (Phi) is 3.78. The molecule has 1 aromatic carbocycles. The van der Waals surface area contributed by atoms with E-state index in [4.69, 9.17) is 15.3 Å². The largest absolute Gasteiger partial charge is 0.478 e. The van der Waals surface area contributed by atoms with E-state index in [2.05, 4.69) is 0 Å². The quantitative estimate of drug-likeness (QED) is 0.471. The number of aliphatic hydroxyl groups excluding tert-OH is 1. The fourth-order valence-electron chi connectivity index (χ4n) is 2.67. The molecule has 3 aromatic rings. The molecule has 0 atom stereocenters. The summed E-state index contributed by atoms with van der Waals surface area (Å²) in [4.78, 5) is 37.1. The van der Waals surface area contributed by atoms with Crippen molar-refractivity contribution in [1.82, 2.24) is 4.98 Å². The predicted molar refractivity (Wildman–Crippen MR) is 86.5 cm³/mol. The highest BCUT2D eigenvalue weighted by atomic mass is 16.4. The van der Waals surface area contributed by atoms with Crippen molar-refractivity contribution in [3.63, 3.8) is 0 Å². The maximum absolute atomic E-state index is 12.0. The van der Waals surface area contributed by atoms with Gasteiger partial charge in [0, 0.05) is 10.9 Å². The lowest BCUT2D eigenvalue weighted by atomic mass is 9.94. The number of hydrogen-bond acceptors (Lipinski definition) is 6. The molecule has 2 aromatic heterocycles. The van der Waals surface area contributed by atoms with Crippen LogP contribution >= 0.6 is 0 Å². The number of rotatable bonds is 4. The lowest BCUT2D eigenvalue weighted by Crippen LogP contribution is -2.24. The molecule has 0 bridgehead atoms. The van der Waals surface area contributed by atoms with Crippen molar-refractivity contribution in [2.24, 2.45) is 0 Å². The number of carbonyl (C=O) groups is 2. The van der Waals surface area contributed by atoms with Crippen LogP contribution in [0.15, 0.2) is 33.5 Å². The zero-order valence-corrected chi connectivity index (χ0v) is 12.6. The number of fused-ring (bicyclic) bond motifs is 1. The Bertz CT molecular complexity index is 1080. The van der Waals surface area contributed by atoms with Gasteiger partial charge in [-0.05, 0) is 23.8 Å². The summed E-state index contributed by atoms with van der Waals surface area (Å²) in [5.41, 5.74) is 3.64. The first-order chi connectivity index (χ1) is 11.8. The van der Waals surface area contributed by atoms with Gasteiger partial charge in [-0.1, -0.05) is 6.07 Å². The van der Waals surface area contributed by atoms with Gasteiger partial charge in [-0.25, -0.2) is 9.59 Å². The molecule has 0 saturated carbocycles. The normalized spacial score (nSPS) is 10.9. The Balaban J connectivity index is 2.40. The summed E-state index contributed by atoms with van der Waals surface area (Å²) in [5, 5.41) is 28.4. The van der Waals surface area contributed by atoms with Crippen LogP contribution in [0.3, 0.4) is 0 Å². The van der Waals surface area contributed by atoms with Crippen LogP contribution in [0.25, 0.3) is 22.1 Å². The van der Waals surface area contributed by atoms with Gasteiger partial charge < -0.3 is 30.5 Å². The maximum atomic E-state index is 12.0. The summed E-state index contributed by atoms with van der Waals surface area (Å²) < 4.78 is 5.34. The number of aromatic amines is 1. The molecule has 0 aliphatic carbocycles. The van der Waals surface area contributed by atoms with Crippen LogP contribution in [0.1, 0.15) is 26.5 Å². The van der Waals surface area contributed by atoms with E-state index in [1.807, 2.05) is 4.98 Å². The monoisotopic (exact) mass is 344 g/mol. The van der Waals surface area contributed by atoms with E-state index in [-0.39, 0.29) is 23.5 Å². The van der Waals surface area contributed by atoms with E-state index >= 15 is 0 Å². The molecule has 2 heterocycles. The predicted octanol–water partition coefficient (Wildman–Crippen LogP) is 1.26. The van der Waals surface area contributed by atoms with E-state index < -0.39 is 34.4 Å². The van der Waals surface area contributed by atoms with Gasteiger partial charge in [-0.15, -0.1) is 0 Å². The van der Waals surface area contributed by atoms with Crippen LogP contribution in [-0.2, 0) is 6.61 Å². The number of benzene rings is 1. The van der Waals surface area contributed by atoms with Gasteiger partial charge in [0.05, 0.1) is 0 Å². The lowest BCUT2D eigenvalue weighted by Gasteiger charge is -2.12. The van der Waals surface area contributed by atoms with E-state index in [1.165, 1.54) is 24.3 Å². The van der Waals surface area contributed by atoms with E-state index in [9.17, 15) is 24.6 Å². The highest BCUT2D eigenvalue weighted by Crippen LogP contribution is 2.32. The van der Waals surface area contributed by atoms with Gasteiger partial charge in [-0.3, -0.25) is 4.79 Å². The average molecular weight is 344 g/mol. The Morgan fingerprint density at radius 3 is 2.40 bits per heavy atom. The molecule has 0 amide bonds. The van der Waals surface area contributed by atoms with Crippen molar-refractivity contribution in [2.75, 3.05) is 5.73 Å². The Hall–Kier alpha value is -3.59. The second-order valence-corrected chi connectivity index (χ2v) is 5.23. The SMILES string of the molecule is Nc1[nH]c(=O)c(C(=O)O)c(-c2ccc3oc(CO)cc3c2)c1C(=O)O. The molecule has 0 unspecified atom stereocenters. The number of hydrogen-bond donors (Lipinski definition) is 5. The molecule has 25 heavy (non-hydrogen) atoms. The summed E-state index contributed by atoms with van der Waals surface area (Å²) in [5.74, 6) is -3.22. The molecular weight excluding hydrogens is 332 g/mol. The topological polar surface area (TPSA) is 167 Å². The smallest absolute Gasteiger partial charge is 0.342 e. The molecule has 3 rings (SSSR count). The number of carboxylic acids is 2. The van der Waals surface area contributed by atoms with Crippen molar-refractivity contribution in [1.29, 1.82) is 0 Å². The van der Waals surface area contributed by atoms with Crippen molar-refractivity contribution < 1.29 is 29.3 Å². The van der Waals surface area contributed by atoms with Gasteiger partial charge in [0.1, 0.15) is 34.9 Å². The van der Waals surface area contributed by atoms with Gasteiger partial charge in [-0.2, -0.15) is 0 Å². The van der Waals surface area contributed by atoms with Gasteiger partial charge in [0.25, 0.3) is 5.56 Å². The summed E-state index contributed by atoms with van der Waals surface area (Å²) in [6.45, 7) is -0.331. The Morgan fingerprint density at radius 2 is 1.80 bits per heavy atom. The third-order valence-electron chi connectivity index (χ3n) is 3.68. The number of anilines is 1. The average Bonchev–Trinajstić information content (AvgIpc) is 2.95. The molecule has 0 aliphatic rings. The zero-order chi connectivity index (χ0) is 18.3. The number of nitrogens with one attached hydrogen (secondary N) is 1. The van der Waals surface area contributed by atoms with Crippen LogP contribution in [0.4, 0.5) is 5.82 Å². The summed E-state index contributed by atoms with van der Waals surface area (Å²) in [6.07, 6.45) is 0. The number of H-pyrrole nitrogens is 1. The van der Waals surface area contributed by atoms with Crippen LogP contribution in [0, 0.1) is 0 Å². The first kappa shape index (κ1) is 16.3. The molecule has 0 radical (unpaired) electrons. The fourth-order valence-corrected chi connectivity index (χ4v) is 2.67. The van der Waals surface area contributed by atoms with Crippen LogP contribution < -0.4 is 11.3 Å². The van der Waals surface area contributed by atoms with E-state index in [1.54, 1.807) is 0 Å². The summed E-state index contributed by atoms with van der Waals surface area (Å²) in [7, 11) is 0. The standard InChI is InChI=1S/C16H12N2O7/c17-13-11(15(21)22)10(12(16(23)24)14(20)18-13)6-1-2-9-7(3-6)4-8(5-19)25-9/h1-4,19H,5H2,(H,21,22)(H,23,24)(H3,17,18,20). The number of nitrogen functional groups attached to an aromatic ring is 1. The number of pyridine rings is 1. The molecule has 0 aliphatic heterocycles. The summed E-state index contributed by atoms with van der Waals surface area (Å²) in [6, 6.07) is 5.89. The van der Waals surface area contributed by atoms with Crippen molar-refractivity contribution in [2.45, 2.75) is 6.61 Å². The van der Waals surface area contributed by atoms with Crippen LogP contribution in [0.2, 0.25) is 0 Å². The number of aliphatic hydroxyl groups is 1. The number of furan rings is 1. The Morgan fingerprint density at radius 1 is 1.12 bits per heavy atom. The van der Waals surface area contributed by atoms with Gasteiger partial charge in [0.2, 0.25) is 0 Å². The second kappa shape index (κ2) is 5.80. The Labute approximate surface area is 138 Å². The van der Waals surface area contributed by atoms with Crippen molar-refractivity contribution >= 4 is 28.7 Å². The van der Waals surface area contributed by atoms with Crippen molar-refractivity contribution in [3.05, 3.63) is 51.5 Å². The highest BCUT2D eigenvalue weighted by Gasteiger charge is 2.26. The number of aromatic nitrogens is 1. The van der Waals surface area contributed by atoms with Crippen molar-refractivity contribution in [3.8, 4) is 11.1 Å². The highest BCUT2D eigenvalue weighted by molar-refractivity contribution is 6.08. The molecular formula is C16H12N2O7. The lowest BCUT2D eigenvalue weighted by molar-refractivity contribution is 0.0695. The minimum Gasteiger partial charge on any atom is -0.478 e. The molecule has 0 saturated heterocycles. The van der Waals surface area contributed by atoms with Gasteiger partial charge >= 0.3 is 11.9 Å². The minimum absolute atomic E-state index is 0.172. The third-order valence-corrected chi connectivity index (χ3v) is 3.68. The minimum atomic E-state index is -1.58. The number of aromatic carboxylic acids is 2. The molecule has 0 spiro atoms. The first-order valence-corrected chi connectivity index (χ1v) is 6.99. The maximum Gasteiger partial charge on any atom is 0.342 e. The molecule has 9 heteroatoms. The molecule has 0 fully saturated rings. The molecule has 128 valence electrons. The van der Waals surface area contributed by atoms with Gasteiger partial charge in [0.15, 0.2) is 0 Å². The van der Waals surface area contributed by atoms with Crippen LogP contribution in [0.5, 0.6) is 0 Å². The number of carboxylic acid groups (broad SMARTS) is 2. The fraction of sp³-hybridized carbons (Fsp3) is 0.0625. The van der Waals surface area contributed by atoms with E-state index in [0.717, 1.165) is 0 Å². The molecule has 6 N–H and O–H groups in total. The number of nitrogens with two attached hydrogens (primary N) is 1. The zero-order valence-electron chi connectivity index (χ0n) is 12.6. The summed E-state index contributed by atoms with van der Waals surface area (Å²) >= 11 is 0. The third kappa shape index (κ3) is 2.62. The first-order valence-electron chi connectivity index (χ1n) is 6.99. The second-order valence-electron chi connectivity index (χ2n) is 5.23.